The molecule has 2 nitrogen and oxygen atoms in total. The Balaban J connectivity index is 1.71. The topological polar surface area (TPSA) is 29.1 Å². The van der Waals surface area contributed by atoms with Crippen LogP contribution in [0.25, 0.3) is 0 Å². The molecule has 0 aromatic rings. The quantitative estimate of drug-likeness (QED) is 0.741. The Labute approximate surface area is 91.8 Å². The minimum atomic E-state index is 0.0593. The molecule has 1 amide bonds. The van der Waals surface area contributed by atoms with Crippen molar-refractivity contribution < 1.29 is 4.79 Å². The standard InChI is InChI=1S/C13H21NO/c15-12(14-11-5-6-11)13-7-1-3-10(9-13)4-2-8-13/h10-11H,1-9H2,(H,14,15). The van der Waals surface area contributed by atoms with E-state index in [0.717, 1.165) is 18.8 Å². The van der Waals surface area contributed by atoms with Crippen molar-refractivity contribution in [2.24, 2.45) is 11.3 Å². The maximum atomic E-state index is 12.3. The summed E-state index contributed by atoms with van der Waals surface area (Å²) in [6, 6.07) is 0.536. The average molecular weight is 207 g/mol. The number of rotatable bonds is 2. The lowest BCUT2D eigenvalue weighted by Crippen LogP contribution is -2.46. The fraction of sp³-hybridized carbons (Fsp3) is 0.923. The van der Waals surface area contributed by atoms with Gasteiger partial charge < -0.3 is 5.32 Å². The number of hydrogen-bond acceptors (Lipinski definition) is 1. The molecule has 84 valence electrons. The maximum Gasteiger partial charge on any atom is 0.226 e. The molecule has 0 aromatic carbocycles. The fourth-order valence-electron chi connectivity index (χ4n) is 3.57. The van der Waals surface area contributed by atoms with E-state index in [1.54, 1.807) is 0 Å². The summed E-state index contributed by atoms with van der Waals surface area (Å²) in [6.45, 7) is 0. The van der Waals surface area contributed by atoms with E-state index in [2.05, 4.69) is 5.32 Å². The van der Waals surface area contributed by atoms with Crippen molar-refractivity contribution in [2.45, 2.75) is 63.8 Å². The van der Waals surface area contributed by atoms with E-state index in [1.807, 2.05) is 0 Å². The first kappa shape index (κ1) is 9.68. The normalized spacial score (nSPS) is 39.9. The Morgan fingerprint density at radius 1 is 1.07 bits per heavy atom. The van der Waals surface area contributed by atoms with Crippen molar-refractivity contribution in [3.63, 3.8) is 0 Å². The van der Waals surface area contributed by atoms with Gasteiger partial charge in [0.1, 0.15) is 0 Å². The molecule has 15 heavy (non-hydrogen) atoms. The van der Waals surface area contributed by atoms with Gasteiger partial charge in [-0.15, -0.1) is 0 Å². The molecule has 0 radical (unpaired) electrons. The summed E-state index contributed by atoms with van der Waals surface area (Å²) in [5.74, 6) is 1.26. The van der Waals surface area contributed by atoms with E-state index < -0.39 is 0 Å². The number of hydrogen-bond donors (Lipinski definition) is 1. The molecular weight excluding hydrogens is 186 g/mol. The van der Waals surface area contributed by atoms with E-state index in [9.17, 15) is 4.79 Å². The van der Waals surface area contributed by atoms with Crippen LogP contribution in [0, 0.1) is 11.3 Å². The summed E-state index contributed by atoms with van der Waals surface area (Å²) in [4.78, 5) is 12.3. The summed E-state index contributed by atoms with van der Waals surface area (Å²) in [5.41, 5.74) is 0.0593. The van der Waals surface area contributed by atoms with Gasteiger partial charge in [-0.3, -0.25) is 4.79 Å². The second-order valence-electron chi connectivity index (χ2n) is 5.88. The molecule has 3 aliphatic rings. The molecule has 0 unspecified atom stereocenters. The monoisotopic (exact) mass is 207 g/mol. The van der Waals surface area contributed by atoms with Gasteiger partial charge in [-0.25, -0.2) is 0 Å². The van der Waals surface area contributed by atoms with Crippen LogP contribution in [-0.2, 0) is 4.79 Å². The van der Waals surface area contributed by atoms with Crippen LogP contribution in [-0.4, -0.2) is 11.9 Å². The Hall–Kier alpha value is -0.530. The van der Waals surface area contributed by atoms with Gasteiger partial charge in [0.25, 0.3) is 0 Å². The van der Waals surface area contributed by atoms with Gasteiger partial charge >= 0.3 is 0 Å². The molecule has 3 fully saturated rings. The SMILES string of the molecule is O=C(NC1CC1)C12CCCC(CCC1)C2. The van der Waals surface area contributed by atoms with Crippen LogP contribution >= 0.6 is 0 Å². The number of carbonyl (C=O) groups excluding carboxylic acids is 1. The van der Waals surface area contributed by atoms with Crippen molar-refractivity contribution in [2.75, 3.05) is 0 Å². The second kappa shape index (κ2) is 3.50. The highest BCUT2D eigenvalue weighted by atomic mass is 16.2. The number of fused-ring (bicyclic) bond motifs is 2. The molecule has 0 spiro atoms. The Bertz CT molecular complexity index is 260. The predicted molar refractivity (Wildman–Crippen MR) is 59.4 cm³/mol. The third-order valence-corrected chi connectivity index (χ3v) is 4.61. The predicted octanol–water partition coefficient (Wildman–Crippen LogP) is 2.63. The zero-order valence-electron chi connectivity index (χ0n) is 9.43. The molecule has 0 aromatic heterocycles. The molecule has 0 heterocycles. The first-order valence-corrected chi connectivity index (χ1v) is 6.59. The van der Waals surface area contributed by atoms with Crippen LogP contribution in [0.4, 0.5) is 0 Å². The number of carbonyl (C=O) groups is 1. The van der Waals surface area contributed by atoms with E-state index in [1.165, 1.54) is 44.9 Å². The van der Waals surface area contributed by atoms with Crippen LogP contribution in [0.1, 0.15) is 57.8 Å². The van der Waals surface area contributed by atoms with E-state index in [0.29, 0.717) is 11.9 Å². The third kappa shape index (κ3) is 1.79. The van der Waals surface area contributed by atoms with Crippen molar-refractivity contribution in [1.82, 2.24) is 5.32 Å². The van der Waals surface area contributed by atoms with Gasteiger partial charge in [0.2, 0.25) is 5.91 Å². The lowest BCUT2D eigenvalue weighted by molar-refractivity contribution is -0.136. The van der Waals surface area contributed by atoms with Gasteiger partial charge in [0.15, 0.2) is 0 Å². The zero-order valence-corrected chi connectivity index (χ0v) is 9.43. The fourth-order valence-corrected chi connectivity index (χ4v) is 3.57. The lowest BCUT2D eigenvalue weighted by Gasteiger charge is -2.44. The summed E-state index contributed by atoms with van der Waals surface area (Å²) in [7, 11) is 0. The summed E-state index contributed by atoms with van der Waals surface area (Å²) < 4.78 is 0. The molecule has 0 atom stereocenters. The minimum absolute atomic E-state index is 0.0593. The van der Waals surface area contributed by atoms with Crippen LogP contribution < -0.4 is 5.32 Å². The van der Waals surface area contributed by atoms with E-state index in [4.69, 9.17) is 0 Å². The van der Waals surface area contributed by atoms with Crippen LogP contribution in [0.2, 0.25) is 0 Å². The Kier molecular flexibility index (Phi) is 2.26. The van der Waals surface area contributed by atoms with Crippen molar-refractivity contribution in [1.29, 1.82) is 0 Å². The van der Waals surface area contributed by atoms with E-state index in [-0.39, 0.29) is 5.41 Å². The Morgan fingerprint density at radius 2 is 1.73 bits per heavy atom. The van der Waals surface area contributed by atoms with Gasteiger partial charge in [-0.05, 0) is 38.0 Å². The van der Waals surface area contributed by atoms with Crippen molar-refractivity contribution in [3.8, 4) is 0 Å². The smallest absolute Gasteiger partial charge is 0.226 e. The number of amides is 1. The van der Waals surface area contributed by atoms with Crippen molar-refractivity contribution in [3.05, 3.63) is 0 Å². The highest BCUT2D eigenvalue weighted by molar-refractivity contribution is 5.83. The van der Waals surface area contributed by atoms with Gasteiger partial charge in [-0.1, -0.05) is 25.7 Å². The lowest BCUT2D eigenvalue weighted by atomic mass is 9.61. The summed E-state index contributed by atoms with van der Waals surface area (Å²) in [5, 5.41) is 3.23. The Morgan fingerprint density at radius 3 is 2.33 bits per heavy atom. The molecule has 1 N–H and O–H groups in total. The molecule has 3 saturated carbocycles. The first-order valence-electron chi connectivity index (χ1n) is 6.59. The maximum absolute atomic E-state index is 12.3. The van der Waals surface area contributed by atoms with Gasteiger partial charge in [-0.2, -0.15) is 0 Å². The summed E-state index contributed by atoms with van der Waals surface area (Å²) in [6.07, 6.45) is 11.2. The molecule has 0 saturated heterocycles. The van der Waals surface area contributed by atoms with E-state index >= 15 is 0 Å². The van der Waals surface area contributed by atoms with Crippen LogP contribution in [0.15, 0.2) is 0 Å². The third-order valence-electron chi connectivity index (χ3n) is 4.61. The number of nitrogens with one attached hydrogen (secondary N) is 1. The molecule has 2 bridgehead atoms. The van der Waals surface area contributed by atoms with Crippen LogP contribution in [0.3, 0.4) is 0 Å². The zero-order chi connectivity index (χ0) is 10.3. The molecule has 3 rings (SSSR count). The highest BCUT2D eigenvalue weighted by Gasteiger charge is 2.45. The second-order valence-corrected chi connectivity index (χ2v) is 5.88. The average Bonchev–Trinajstić information content (AvgIpc) is 3.02. The van der Waals surface area contributed by atoms with Gasteiger partial charge in [0, 0.05) is 11.5 Å². The molecule has 0 aliphatic heterocycles. The largest absolute Gasteiger partial charge is 0.353 e. The molecule has 2 heteroatoms. The van der Waals surface area contributed by atoms with Gasteiger partial charge in [0.05, 0.1) is 0 Å². The minimum Gasteiger partial charge on any atom is -0.353 e. The highest BCUT2D eigenvalue weighted by Crippen LogP contribution is 2.49. The molecule has 3 aliphatic carbocycles. The molecular formula is C13H21NO. The van der Waals surface area contributed by atoms with Crippen molar-refractivity contribution >= 4 is 5.91 Å². The first-order chi connectivity index (χ1) is 7.28. The summed E-state index contributed by atoms with van der Waals surface area (Å²) >= 11 is 0. The van der Waals surface area contributed by atoms with Crippen LogP contribution in [0.5, 0.6) is 0 Å².